The molecule has 0 radical (unpaired) electrons. The molecule has 29 heavy (non-hydrogen) atoms. The number of anilines is 2. The Morgan fingerprint density at radius 3 is 3.10 bits per heavy atom. The Bertz CT molecular complexity index is 1000. The van der Waals surface area contributed by atoms with Crippen LogP contribution in [0.4, 0.5) is 11.5 Å². The number of carbonyl (C=O) groups excluding carboxylic acids is 1. The summed E-state index contributed by atoms with van der Waals surface area (Å²) in [6.07, 6.45) is 5.41. The molecule has 152 valence electrons. The first kappa shape index (κ1) is 19.0. The zero-order valence-corrected chi connectivity index (χ0v) is 16.7. The van der Waals surface area contributed by atoms with Crippen LogP contribution in [0.3, 0.4) is 0 Å². The molecule has 0 spiro atoms. The van der Waals surface area contributed by atoms with Crippen LogP contribution >= 0.6 is 0 Å². The number of methoxy groups -OCH3 is 1. The standard InChI is InChI=1S/C21H26N6O2/c1-14-5-6-18(29-2)17(10-14)23-11-19(28)26-15-4-3-9-27(12-15)21-16-7-8-22-20(16)24-13-25-21/h5-8,10,13,15,23H,3-4,9,11-12H2,1-2H3,(H,26,28)(H,22,24,25)/t15-/m1/s1. The van der Waals surface area contributed by atoms with E-state index in [1.54, 1.807) is 13.4 Å². The predicted molar refractivity (Wildman–Crippen MR) is 113 cm³/mol. The van der Waals surface area contributed by atoms with Crippen LogP contribution in [0.5, 0.6) is 5.75 Å². The molecular formula is C21H26N6O2. The van der Waals surface area contributed by atoms with Gasteiger partial charge in [-0.1, -0.05) is 6.07 Å². The first-order valence-corrected chi connectivity index (χ1v) is 9.85. The third-order valence-electron chi connectivity index (χ3n) is 5.21. The summed E-state index contributed by atoms with van der Waals surface area (Å²) < 4.78 is 5.36. The van der Waals surface area contributed by atoms with Crippen LogP contribution in [-0.2, 0) is 4.79 Å². The van der Waals surface area contributed by atoms with Crippen molar-refractivity contribution >= 4 is 28.4 Å². The highest BCUT2D eigenvalue weighted by molar-refractivity contribution is 5.87. The zero-order valence-electron chi connectivity index (χ0n) is 16.7. The van der Waals surface area contributed by atoms with Gasteiger partial charge in [-0.15, -0.1) is 0 Å². The van der Waals surface area contributed by atoms with Crippen LogP contribution in [0.25, 0.3) is 11.0 Å². The maximum atomic E-state index is 12.5. The monoisotopic (exact) mass is 394 g/mol. The lowest BCUT2D eigenvalue weighted by atomic mass is 10.1. The molecule has 3 N–H and O–H groups in total. The minimum absolute atomic E-state index is 0.0325. The van der Waals surface area contributed by atoms with Crippen LogP contribution in [0.1, 0.15) is 18.4 Å². The van der Waals surface area contributed by atoms with E-state index in [0.29, 0.717) is 0 Å². The van der Waals surface area contributed by atoms with Crippen LogP contribution in [0.15, 0.2) is 36.8 Å². The largest absolute Gasteiger partial charge is 0.495 e. The van der Waals surface area contributed by atoms with Crippen molar-refractivity contribution in [3.63, 3.8) is 0 Å². The van der Waals surface area contributed by atoms with E-state index >= 15 is 0 Å². The van der Waals surface area contributed by atoms with Gasteiger partial charge in [-0.3, -0.25) is 4.79 Å². The van der Waals surface area contributed by atoms with E-state index in [2.05, 4.69) is 30.5 Å². The molecule has 1 aromatic carbocycles. The molecule has 0 bridgehead atoms. The molecule has 1 saturated heterocycles. The average Bonchev–Trinajstić information content (AvgIpc) is 3.21. The Morgan fingerprint density at radius 2 is 2.24 bits per heavy atom. The molecule has 1 aliphatic heterocycles. The third kappa shape index (κ3) is 4.26. The van der Waals surface area contributed by atoms with E-state index < -0.39 is 0 Å². The summed E-state index contributed by atoms with van der Waals surface area (Å²) in [6.45, 7) is 3.86. The van der Waals surface area contributed by atoms with Gasteiger partial charge in [0.1, 0.15) is 23.5 Å². The SMILES string of the molecule is COc1ccc(C)cc1NCC(=O)N[C@@H]1CCCN(c2ncnc3[nH]ccc23)C1. The van der Waals surface area contributed by atoms with E-state index in [0.717, 1.165) is 59.8 Å². The number of nitrogens with zero attached hydrogens (tertiary/aromatic N) is 3. The summed E-state index contributed by atoms with van der Waals surface area (Å²) >= 11 is 0. The molecule has 2 aromatic heterocycles. The fraction of sp³-hybridized carbons (Fsp3) is 0.381. The Hall–Kier alpha value is -3.29. The summed E-state index contributed by atoms with van der Waals surface area (Å²) in [6, 6.07) is 7.94. The third-order valence-corrected chi connectivity index (χ3v) is 5.21. The molecule has 0 aliphatic carbocycles. The van der Waals surface area contributed by atoms with E-state index in [9.17, 15) is 4.79 Å². The van der Waals surface area contributed by atoms with Crippen LogP contribution in [-0.4, -0.2) is 53.6 Å². The molecule has 0 saturated carbocycles. The molecular weight excluding hydrogens is 368 g/mol. The second-order valence-electron chi connectivity index (χ2n) is 7.35. The number of ether oxygens (including phenoxy) is 1. The Labute approximate surface area is 169 Å². The lowest BCUT2D eigenvalue weighted by Crippen LogP contribution is -2.49. The summed E-state index contributed by atoms with van der Waals surface area (Å²) in [5, 5.41) is 7.34. The first-order chi connectivity index (χ1) is 14.1. The van der Waals surface area contributed by atoms with Crippen molar-refractivity contribution in [3.05, 3.63) is 42.4 Å². The number of aromatic nitrogens is 3. The number of carbonyl (C=O) groups is 1. The van der Waals surface area contributed by atoms with Gasteiger partial charge >= 0.3 is 0 Å². The molecule has 1 amide bonds. The highest BCUT2D eigenvalue weighted by atomic mass is 16.5. The number of aromatic amines is 1. The van der Waals surface area contributed by atoms with E-state index in [1.165, 1.54) is 0 Å². The van der Waals surface area contributed by atoms with E-state index in [1.807, 2.05) is 37.4 Å². The normalized spacial score (nSPS) is 16.6. The number of nitrogens with one attached hydrogen (secondary N) is 3. The van der Waals surface area contributed by atoms with Crippen molar-refractivity contribution in [2.24, 2.45) is 0 Å². The number of hydrogen-bond donors (Lipinski definition) is 3. The minimum Gasteiger partial charge on any atom is -0.495 e. The molecule has 3 aromatic rings. The Kier molecular flexibility index (Phi) is 5.50. The Balaban J connectivity index is 1.36. The van der Waals surface area contributed by atoms with E-state index in [-0.39, 0.29) is 18.5 Å². The van der Waals surface area contributed by atoms with Crippen LogP contribution in [0, 0.1) is 6.92 Å². The number of benzene rings is 1. The average molecular weight is 394 g/mol. The quantitative estimate of drug-likeness (QED) is 0.595. The number of piperidine rings is 1. The lowest BCUT2D eigenvalue weighted by molar-refractivity contribution is -0.120. The fourth-order valence-electron chi connectivity index (χ4n) is 3.81. The molecule has 1 aliphatic rings. The van der Waals surface area contributed by atoms with Gasteiger partial charge in [0, 0.05) is 25.3 Å². The van der Waals surface area contributed by atoms with Crippen molar-refractivity contribution in [3.8, 4) is 5.75 Å². The van der Waals surface area contributed by atoms with Crippen molar-refractivity contribution in [1.82, 2.24) is 20.3 Å². The van der Waals surface area contributed by atoms with Crippen molar-refractivity contribution in [2.45, 2.75) is 25.8 Å². The van der Waals surface area contributed by atoms with Gasteiger partial charge in [-0.2, -0.15) is 0 Å². The first-order valence-electron chi connectivity index (χ1n) is 9.85. The summed E-state index contributed by atoms with van der Waals surface area (Å²) in [4.78, 5) is 26.6. The van der Waals surface area contributed by atoms with Crippen LogP contribution < -0.4 is 20.3 Å². The zero-order chi connectivity index (χ0) is 20.2. The highest BCUT2D eigenvalue weighted by Crippen LogP contribution is 2.26. The second kappa shape index (κ2) is 8.38. The number of aryl methyl sites for hydroxylation is 1. The second-order valence-corrected chi connectivity index (χ2v) is 7.35. The molecule has 8 nitrogen and oxygen atoms in total. The van der Waals surface area contributed by atoms with E-state index in [4.69, 9.17) is 4.74 Å². The molecule has 8 heteroatoms. The van der Waals surface area contributed by atoms with Crippen molar-refractivity contribution in [1.29, 1.82) is 0 Å². The van der Waals surface area contributed by atoms with Gasteiger partial charge in [0.25, 0.3) is 0 Å². The van der Waals surface area contributed by atoms with Gasteiger partial charge in [0.2, 0.25) is 5.91 Å². The summed E-state index contributed by atoms with van der Waals surface area (Å²) in [5.41, 5.74) is 2.76. The smallest absolute Gasteiger partial charge is 0.239 e. The molecule has 3 heterocycles. The number of amides is 1. The van der Waals surface area contributed by atoms with Gasteiger partial charge in [-0.05, 0) is 43.5 Å². The number of fused-ring (bicyclic) bond motifs is 1. The maximum absolute atomic E-state index is 12.5. The lowest BCUT2D eigenvalue weighted by Gasteiger charge is -2.34. The summed E-state index contributed by atoms with van der Waals surface area (Å²) in [5.74, 6) is 1.61. The van der Waals surface area contributed by atoms with Gasteiger partial charge in [0.15, 0.2) is 0 Å². The molecule has 0 unspecified atom stereocenters. The van der Waals surface area contributed by atoms with Crippen LogP contribution in [0.2, 0.25) is 0 Å². The number of hydrogen-bond acceptors (Lipinski definition) is 6. The van der Waals surface area contributed by atoms with Gasteiger partial charge in [0.05, 0.1) is 24.7 Å². The van der Waals surface area contributed by atoms with Crippen molar-refractivity contribution in [2.75, 3.05) is 37.0 Å². The summed E-state index contributed by atoms with van der Waals surface area (Å²) in [7, 11) is 1.63. The van der Waals surface area contributed by atoms with Crippen molar-refractivity contribution < 1.29 is 9.53 Å². The van der Waals surface area contributed by atoms with Gasteiger partial charge < -0.3 is 25.3 Å². The molecule has 4 rings (SSSR count). The molecule has 1 fully saturated rings. The highest BCUT2D eigenvalue weighted by Gasteiger charge is 2.24. The van der Waals surface area contributed by atoms with Gasteiger partial charge in [-0.25, -0.2) is 9.97 Å². The number of H-pyrrole nitrogens is 1. The number of rotatable bonds is 6. The topological polar surface area (TPSA) is 95.2 Å². The molecule has 1 atom stereocenters. The Morgan fingerprint density at radius 1 is 1.34 bits per heavy atom. The maximum Gasteiger partial charge on any atom is 0.239 e. The fourth-order valence-corrected chi connectivity index (χ4v) is 3.81. The predicted octanol–water partition coefficient (Wildman–Crippen LogP) is 2.47. The minimum atomic E-state index is -0.0325.